The molecule has 0 aliphatic carbocycles. The van der Waals surface area contributed by atoms with Crippen molar-refractivity contribution in [1.29, 1.82) is 0 Å². The maximum atomic E-state index is 6.59. The van der Waals surface area contributed by atoms with Gasteiger partial charge in [-0.1, -0.05) is 48.1 Å². The Balaban J connectivity index is 4.60. The molecule has 0 amide bonds. The van der Waals surface area contributed by atoms with E-state index < -0.39 is 8.32 Å². The van der Waals surface area contributed by atoms with E-state index in [0.29, 0.717) is 29.8 Å². The predicted octanol–water partition coefficient (Wildman–Crippen LogP) is 6.26. The Morgan fingerprint density at radius 2 is 1.30 bits per heavy atom. The van der Waals surface area contributed by atoms with Crippen LogP contribution < -0.4 is 0 Å². The second-order valence-corrected chi connectivity index (χ2v) is 12.6. The maximum Gasteiger partial charge on any atom is 0.258 e. The van der Waals surface area contributed by atoms with Crippen LogP contribution >= 0.6 is 0 Å². The molecule has 0 saturated carbocycles. The van der Waals surface area contributed by atoms with Crippen molar-refractivity contribution in [2.24, 2.45) is 0 Å². The molecule has 0 bridgehead atoms. The summed E-state index contributed by atoms with van der Waals surface area (Å²) in [6, 6.07) is 0. The number of hydrogen-bond donors (Lipinski definition) is 0. The van der Waals surface area contributed by atoms with Crippen LogP contribution in [-0.2, 0) is 13.9 Å². The van der Waals surface area contributed by atoms with Crippen LogP contribution in [0.5, 0.6) is 0 Å². The van der Waals surface area contributed by atoms with Gasteiger partial charge in [0.2, 0.25) is 0 Å². The fourth-order valence-electron chi connectivity index (χ4n) is 3.71. The molecule has 0 rings (SSSR count). The van der Waals surface area contributed by atoms with E-state index in [0.717, 1.165) is 25.0 Å². The van der Waals surface area contributed by atoms with E-state index in [1.54, 1.807) is 0 Å². The van der Waals surface area contributed by atoms with Crippen molar-refractivity contribution >= 4 is 8.32 Å². The molecule has 0 spiro atoms. The number of allylic oxidation sites excluding steroid dienone is 1. The normalized spacial score (nSPS) is 12.7. The molecule has 0 aromatic carbocycles. The van der Waals surface area contributed by atoms with Crippen LogP contribution in [0.2, 0.25) is 16.6 Å². The van der Waals surface area contributed by atoms with Crippen molar-refractivity contribution in [2.75, 3.05) is 13.2 Å². The standard InChI is InChI=1S/C19H40O3Si/c1-10-20-19(21-11-2)14-12-13-18(9)22-23(15(3)4,16(5)6)17(7)8/h15-17,19H,9-14H2,1-8H3. The van der Waals surface area contributed by atoms with Crippen molar-refractivity contribution in [1.82, 2.24) is 0 Å². The molecule has 138 valence electrons. The topological polar surface area (TPSA) is 27.7 Å². The first-order valence-corrected chi connectivity index (χ1v) is 11.5. The highest BCUT2D eigenvalue weighted by Crippen LogP contribution is 2.43. The molecule has 0 N–H and O–H groups in total. The van der Waals surface area contributed by atoms with Crippen LogP contribution in [-0.4, -0.2) is 27.8 Å². The van der Waals surface area contributed by atoms with Gasteiger partial charge in [-0.2, -0.15) is 0 Å². The maximum absolute atomic E-state index is 6.59. The van der Waals surface area contributed by atoms with Crippen molar-refractivity contribution in [3.05, 3.63) is 12.3 Å². The van der Waals surface area contributed by atoms with E-state index in [-0.39, 0.29) is 6.29 Å². The number of hydrogen-bond acceptors (Lipinski definition) is 3. The zero-order valence-electron chi connectivity index (χ0n) is 16.8. The highest BCUT2D eigenvalue weighted by atomic mass is 28.4. The van der Waals surface area contributed by atoms with Crippen LogP contribution in [0.1, 0.15) is 74.7 Å². The number of rotatable bonds is 13. The van der Waals surface area contributed by atoms with Gasteiger partial charge < -0.3 is 13.9 Å². The molecular formula is C19H40O3Si. The lowest BCUT2D eigenvalue weighted by Crippen LogP contribution is -2.47. The molecule has 0 unspecified atom stereocenters. The van der Waals surface area contributed by atoms with Gasteiger partial charge in [-0.25, -0.2) is 0 Å². The Kier molecular flexibility index (Phi) is 11.1. The molecule has 0 fully saturated rings. The molecule has 0 saturated heterocycles. The first-order chi connectivity index (χ1) is 10.7. The van der Waals surface area contributed by atoms with Crippen molar-refractivity contribution in [2.45, 2.75) is 97.6 Å². The SMILES string of the molecule is C=C(CCCC(OCC)OCC)O[Si](C(C)C)(C(C)C)C(C)C. The molecule has 4 heteroatoms. The van der Waals surface area contributed by atoms with E-state index in [4.69, 9.17) is 13.9 Å². The summed E-state index contributed by atoms with van der Waals surface area (Å²) in [7, 11) is -1.86. The lowest BCUT2D eigenvalue weighted by Gasteiger charge is -2.42. The highest BCUT2D eigenvalue weighted by molar-refractivity contribution is 6.77. The zero-order valence-corrected chi connectivity index (χ0v) is 17.8. The van der Waals surface area contributed by atoms with Gasteiger partial charge in [-0.05, 0) is 43.3 Å². The third kappa shape index (κ3) is 6.98. The average Bonchev–Trinajstić information content (AvgIpc) is 2.44. The molecule has 23 heavy (non-hydrogen) atoms. The van der Waals surface area contributed by atoms with Crippen molar-refractivity contribution < 1.29 is 13.9 Å². The summed E-state index contributed by atoms with van der Waals surface area (Å²) in [5.74, 6) is 0.944. The van der Waals surface area contributed by atoms with Crippen LogP contribution in [0, 0.1) is 0 Å². The van der Waals surface area contributed by atoms with E-state index in [1.807, 2.05) is 13.8 Å². The fourth-order valence-corrected chi connectivity index (χ4v) is 9.02. The Hall–Kier alpha value is -0.323. The van der Waals surface area contributed by atoms with Gasteiger partial charge >= 0.3 is 0 Å². The predicted molar refractivity (Wildman–Crippen MR) is 102 cm³/mol. The van der Waals surface area contributed by atoms with Gasteiger partial charge in [0.25, 0.3) is 8.32 Å². The first kappa shape index (κ1) is 22.7. The number of ether oxygens (including phenoxy) is 2. The summed E-state index contributed by atoms with van der Waals surface area (Å²) in [4.78, 5) is 0. The average molecular weight is 345 g/mol. The monoisotopic (exact) mass is 344 g/mol. The molecular weight excluding hydrogens is 304 g/mol. The summed E-state index contributed by atoms with van der Waals surface area (Å²) in [6.45, 7) is 23.4. The van der Waals surface area contributed by atoms with E-state index in [9.17, 15) is 0 Å². The van der Waals surface area contributed by atoms with Crippen molar-refractivity contribution in [3.8, 4) is 0 Å². The van der Waals surface area contributed by atoms with Crippen LogP contribution in [0.3, 0.4) is 0 Å². The second kappa shape index (κ2) is 11.3. The Morgan fingerprint density at radius 3 is 1.65 bits per heavy atom. The highest BCUT2D eigenvalue weighted by Gasteiger charge is 2.47. The third-order valence-electron chi connectivity index (χ3n) is 4.63. The Morgan fingerprint density at radius 1 is 0.870 bits per heavy atom. The van der Waals surface area contributed by atoms with Crippen LogP contribution in [0.4, 0.5) is 0 Å². The summed E-state index contributed by atoms with van der Waals surface area (Å²) in [6.07, 6.45) is 2.67. The quantitative estimate of drug-likeness (QED) is 0.224. The van der Waals surface area contributed by atoms with Crippen LogP contribution in [0.15, 0.2) is 12.3 Å². The van der Waals surface area contributed by atoms with Gasteiger partial charge in [-0.15, -0.1) is 0 Å². The molecule has 0 atom stereocenters. The minimum atomic E-state index is -1.86. The molecule has 0 heterocycles. The third-order valence-corrected chi connectivity index (χ3v) is 10.7. The molecule has 0 aliphatic heterocycles. The summed E-state index contributed by atoms with van der Waals surface area (Å²) >= 11 is 0. The van der Waals surface area contributed by atoms with Gasteiger partial charge in [0.05, 0.1) is 5.76 Å². The van der Waals surface area contributed by atoms with E-state index in [1.165, 1.54) is 0 Å². The smallest absolute Gasteiger partial charge is 0.258 e. The van der Waals surface area contributed by atoms with Gasteiger partial charge in [0, 0.05) is 19.6 Å². The Labute approximate surface area is 145 Å². The summed E-state index contributed by atoms with van der Waals surface area (Å²) in [5.41, 5.74) is 1.75. The Bertz CT molecular complexity index is 299. The van der Waals surface area contributed by atoms with Gasteiger partial charge in [0.15, 0.2) is 6.29 Å². The van der Waals surface area contributed by atoms with E-state index >= 15 is 0 Å². The van der Waals surface area contributed by atoms with E-state index in [2.05, 4.69) is 48.1 Å². The minimum absolute atomic E-state index is 0.0971. The molecule has 0 aromatic heterocycles. The summed E-state index contributed by atoms with van der Waals surface area (Å²) in [5, 5.41) is 0. The molecule has 3 nitrogen and oxygen atoms in total. The molecule has 0 aliphatic rings. The molecule has 0 aromatic rings. The zero-order chi connectivity index (χ0) is 18.0. The van der Waals surface area contributed by atoms with Gasteiger partial charge in [-0.3, -0.25) is 0 Å². The summed E-state index contributed by atoms with van der Waals surface area (Å²) < 4.78 is 17.8. The van der Waals surface area contributed by atoms with Crippen LogP contribution in [0.25, 0.3) is 0 Å². The lowest BCUT2D eigenvalue weighted by atomic mass is 10.2. The molecule has 0 radical (unpaired) electrons. The largest absolute Gasteiger partial charge is 0.546 e. The second-order valence-electron chi connectivity index (χ2n) is 7.19. The minimum Gasteiger partial charge on any atom is -0.546 e. The van der Waals surface area contributed by atoms with Crippen molar-refractivity contribution in [3.63, 3.8) is 0 Å². The lowest BCUT2D eigenvalue weighted by molar-refractivity contribution is -0.140. The van der Waals surface area contributed by atoms with Gasteiger partial charge in [0.1, 0.15) is 0 Å². The fraction of sp³-hybridized carbons (Fsp3) is 0.895. The first-order valence-electron chi connectivity index (χ1n) is 9.32.